The Labute approximate surface area is 191 Å². The third-order valence-corrected chi connectivity index (χ3v) is 5.43. The van der Waals surface area contributed by atoms with Crippen molar-refractivity contribution in [3.63, 3.8) is 0 Å². The van der Waals surface area contributed by atoms with Gasteiger partial charge in [-0.2, -0.15) is 0 Å². The van der Waals surface area contributed by atoms with E-state index in [9.17, 15) is 4.79 Å². The summed E-state index contributed by atoms with van der Waals surface area (Å²) in [5.41, 5.74) is 1.75. The number of thioether (sulfide) groups is 1. The van der Waals surface area contributed by atoms with Crippen molar-refractivity contribution < 1.29 is 19.0 Å². The third kappa shape index (κ3) is 6.04. The Morgan fingerprint density at radius 1 is 1.16 bits per heavy atom. The van der Waals surface area contributed by atoms with Gasteiger partial charge >= 0.3 is 0 Å². The SMILES string of the molecule is C=CCn1c(COc2ccc(C)cc2OC)nnc1SCC(=O)Nc1cccc(OC)c1. The van der Waals surface area contributed by atoms with Gasteiger partial charge in [0.15, 0.2) is 22.5 Å². The topological polar surface area (TPSA) is 87.5 Å². The summed E-state index contributed by atoms with van der Waals surface area (Å²) < 4.78 is 18.3. The molecule has 1 N–H and O–H groups in total. The lowest BCUT2D eigenvalue weighted by molar-refractivity contribution is -0.113. The molecule has 0 atom stereocenters. The summed E-state index contributed by atoms with van der Waals surface area (Å²) in [6.07, 6.45) is 1.75. The summed E-state index contributed by atoms with van der Waals surface area (Å²) in [4.78, 5) is 12.4. The summed E-state index contributed by atoms with van der Waals surface area (Å²) in [6.45, 7) is 6.49. The zero-order chi connectivity index (χ0) is 22.9. The van der Waals surface area contributed by atoms with Gasteiger partial charge in [-0.15, -0.1) is 16.8 Å². The van der Waals surface area contributed by atoms with Gasteiger partial charge in [0, 0.05) is 18.3 Å². The summed E-state index contributed by atoms with van der Waals surface area (Å²) >= 11 is 1.29. The molecule has 1 heterocycles. The van der Waals surface area contributed by atoms with Crippen LogP contribution in [-0.2, 0) is 17.9 Å². The van der Waals surface area contributed by atoms with E-state index in [1.807, 2.05) is 41.8 Å². The van der Waals surface area contributed by atoms with Crippen LogP contribution in [0.25, 0.3) is 0 Å². The number of rotatable bonds is 11. The van der Waals surface area contributed by atoms with E-state index >= 15 is 0 Å². The number of hydrogen-bond donors (Lipinski definition) is 1. The lowest BCUT2D eigenvalue weighted by Crippen LogP contribution is -2.15. The maximum Gasteiger partial charge on any atom is 0.234 e. The predicted octanol–water partition coefficient (Wildman–Crippen LogP) is 4.10. The molecule has 2 aromatic carbocycles. The molecule has 1 aromatic heterocycles. The quantitative estimate of drug-likeness (QED) is 0.345. The van der Waals surface area contributed by atoms with E-state index in [2.05, 4.69) is 22.1 Å². The van der Waals surface area contributed by atoms with Crippen LogP contribution in [0.4, 0.5) is 5.69 Å². The summed E-state index contributed by atoms with van der Waals surface area (Å²) in [7, 11) is 3.19. The first-order valence-corrected chi connectivity index (χ1v) is 10.9. The molecule has 0 unspecified atom stereocenters. The van der Waals surface area contributed by atoms with Crippen molar-refractivity contribution in [3.8, 4) is 17.2 Å². The number of aromatic nitrogens is 3. The van der Waals surface area contributed by atoms with Crippen molar-refractivity contribution in [2.45, 2.75) is 25.2 Å². The molecule has 0 saturated heterocycles. The molecule has 9 heteroatoms. The van der Waals surface area contributed by atoms with Crippen LogP contribution >= 0.6 is 11.8 Å². The van der Waals surface area contributed by atoms with Crippen LogP contribution < -0.4 is 19.5 Å². The number of aryl methyl sites for hydroxylation is 1. The first-order chi connectivity index (χ1) is 15.5. The van der Waals surface area contributed by atoms with E-state index in [0.717, 1.165) is 5.56 Å². The standard InChI is InChI=1S/C23H26N4O4S/c1-5-11-27-21(14-31-19-10-9-16(2)12-20(19)30-4)25-26-23(27)32-15-22(28)24-17-7-6-8-18(13-17)29-3/h5-10,12-13H,1,11,14-15H2,2-4H3,(H,24,28). The molecule has 0 saturated carbocycles. The molecule has 0 bridgehead atoms. The highest BCUT2D eigenvalue weighted by atomic mass is 32.2. The number of carbonyl (C=O) groups excluding carboxylic acids is 1. The summed E-state index contributed by atoms with van der Waals surface area (Å²) in [6, 6.07) is 12.9. The number of nitrogens with one attached hydrogen (secondary N) is 1. The van der Waals surface area contributed by atoms with Crippen LogP contribution in [0.15, 0.2) is 60.3 Å². The van der Waals surface area contributed by atoms with Gasteiger partial charge in [0.1, 0.15) is 12.4 Å². The Hall–Kier alpha value is -3.46. The number of allylic oxidation sites excluding steroid dienone is 1. The largest absolute Gasteiger partial charge is 0.497 e. The van der Waals surface area contributed by atoms with Gasteiger partial charge in [0.25, 0.3) is 0 Å². The molecule has 0 fully saturated rings. The van der Waals surface area contributed by atoms with E-state index in [-0.39, 0.29) is 18.3 Å². The molecule has 3 rings (SSSR count). The Morgan fingerprint density at radius 3 is 2.75 bits per heavy atom. The van der Waals surface area contributed by atoms with Gasteiger partial charge in [-0.05, 0) is 36.8 Å². The minimum Gasteiger partial charge on any atom is -0.497 e. The van der Waals surface area contributed by atoms with Crippen LogP contribution in [0, 0.1) is 6.92 Å². The zero-order valence-corrected chi connectivity index (χ0v) is 19.1. The molecular weight excluding hydrogens is 428 g/mol. The van der Waals surface area contributed by atoms with Crippen molar-refractivity contribution in [2.75, 3.05) is 25.3 Å². The molecular formula is C23H26N4O4S. The second-order valence-corrected chi connectivity index (χ2v) is 7.75. The average molecular weight is 455 g/mol. The Morgan fingerprint density at radius 2 is 2.00 bits per heavy atom. The van der Waals surface area contributed by atoms with Gasteiger partial charge in [0.2, 0.25) is 5.91 Å². The fourth-order valence-electron chi connectivity index (χ4n) is 2.91. The smallest absolute Gasteiger partial charge is 0.234 e. The van der Waals surface area contributed by atoms with E-state index < -0.39 is 0 Å². The maximum absolute atomic E-state index is 12.4. The Balaban J connectivity index is 1.64. The highest BCUT2D eigenvalue weighted by Crippen LogP contribution is 2.29. The number of ether oxygens (including phenoxy) is 3. The summed E-state index contributed by atoms with van der Waals surface area (Å²) in [5.74, 6) is 2.61. The number of hydrogen-bond acceptors (Lipinski definition) is 7. The molecule has 0 aliphatic heterocycles. The van der Waals surface area contributed by atoms with Crippen molar-refractivity contribution in [2.24, 2.45) is 0 Å². The number of nitrogens with zero attached hydrogens (tertiary/aromatic N) is 3. The molecule has 1 amide bonds. The number of methoxy groups -OCH3 is 2. The van der Waals surface area contributed by atoms with Crippen molar-refractivity contribution in [1.82, 2.24) is 14.8 Å². The third-order valence-electron chi connectivity index (χ3n) is 4.47. The normalized spacial score (nSPS) is 10.5. The Kier molecular flexibility index (Phi) is 8.15. The summed E-state index contributed by atoms with van der Waals surface area (Å²) in [5, 5.41) is 11.9. The minimum atomic E-state index is -0.154. The molecule has 3 aromatic rings. The average Bonchev–Trinajstić information content (AvgIpc) is 3.18. The molecule has 168 valence electrons. The van der Waals surface area contributed by atoms with Crippen molar-refractivity contribution >= 4 is 23.4 Å². The first kappa shape index (κ1) is 23.2. The molecule has 0 spiro atoms. The molecule has 0 aliphatic rings. The lowest BCUT2D eigenvalue weighted by Gasteiger charge is -2.12. The molecule has 0 radical (unpaired) electrons. The van der Waals surface area contributed by atoms with Crippen LogP contribution in [0.1, 0.15) is 11.4 Å². The Bertz CT molecular complexity index is 1080. The monoisotopic (exact) mass is 454 g/mol. The highest BCUT2D eigenvalue weighted by molar-refractivity contribution is 7.99. The van der Waals surface area contributed by atoms with E-state index in [4.69, 9.17) is 14.2 Å². The van der Waals surface area contributed by atoms with Gasteiger partial charge in [-0.3, -0.25) is 9.36 Å². The van der Waals surface area contributed by atoms with Crippen LogP contribution in [-0.4, -0.2) is 40.6 Å². The van der Waals surface area contributed by atoms with Crippen molar-refractivity contribution in [3.05, 3.63) is 66.5 Å². The van der Waals surface area contributed by atoms with Gasteiger partial charge in [-0.25, -0.2) is 0 Å². The van der Waals surface area contributed by atoms with Crippen LogP contribution in [0.2, 0.25) is 0 Å². The number of amides is 1. The molecule has 0 aliphatic carbocycles. The second kappa shape index (κ2) is 11.2. The van der Waals surface area contributed by atoms with Gasteiger partial charge in [-0.1, -0.05) is 30.0 Å². The number of benzene rings is 2. The second-order valence-electron chi connectivity index (χ2n) is 6.81. The van der Waals surface area contributed by atoms with E-state index in [1.165, 1.54) is 11.8 Å². The minimum absolute atomic E-state index is 0.154. The van der Waals surface area contributed by atoms with E-state index in [1.54, 1.807) is 32.4 Å². The van der Waals surface area contributed by atoms with E-state index in [0.29, 0.717) is 40.5 Å². The molecule has 8 nitrogen and oxygen atoms in total. The van der Waals surface area contributed by atoms with Crippen molar-refractivity contribution in [1.29, 1.82) is 0 Å². The highest BCUT2D eigenvalue weighted by Gasteiger charge is 2.15. The zero-order valence-electron chi connectivity index (χ0n) is 18.3. The van der Waals surface area contributed by atoms with Gasteiger partial charge < -0.3 is 19.5 Å². The fourth-order valence-corrected chi connectivity index (χ4v) is 3.68. The maximum atomic E-state index is 12.4. The predicted molar refractivity (Wildman–Crippen MR) is 125 cm³/mol. The van der Waals surface area contributed by atoms with Crippen LogP contribution in [0.3, 0.4) is 0 Å². The number of anilines is 1. The lowest BCUT2D eigenvalue weighted by atomic mass is 10.2. The van der Waals surface area contributed by atoms with Gasteiger partial charge in [0.05, 0.1) is 20.0 Å². The molecule has 32 heavy (non-hydrogen) atoms. The first-order valence-electron chi connectivity index (χ1n) is 9.91. The van der Waals surface area contributed by atoms with Crippen LogP contribution in [0.5, 0.6) is 17.2 Å². The fraction of sp³-hybridized carbons (Fsp3) is 0.261. The number of carbonyl (C=O) groups is 1.